The first-order valence-electron chi connectivity index (χ1n) is 11.9. The van der Waals surface area contributed by atoms with Crippen LogP contribution in [0.4, 0.5) is 18.9 Å². The third kappa shape index (κ3) is 4.24. The number of hydrogen-bond donors (Lipinski definition) is 2. The van der Waals surface area contributed by atoms with Crippen molar-refractivity contribution in [2.45, 2.75) is 41.6 Å². The number of amides is 1. The molecule has 3 aromatic rings. The maximum Gasteiger partial charge on any atom is 0.416 e. The van der Waals surface area contributed by atoms with Crippen molar-refractivity contribution in [1.82, 2.24) is 4.98 Å². The molecule has 3 aliphatic rings. The number of benzene rings is 2. The van der Waals surface area contributed by atoms with Crippen molar-refractivity contribution < 1.29 is 22.7 Å². The van der Waals surface area contributed by atoms with Gasteiger partial charge in [-0.15, -0.1) is 11.8 Å². The lowest BCUT2D eigenvalue weighted by Gasteiger charge is -2.40. The van der Waals surface area contributed by atoms with E-state index in [1.807, 2.05) is 36.0 Å². The number of thiazole rings is 1. The first kappa shape index (κ1) is 23.7. The number of H-pyrrole nitrogens is 1. The number of alkyl halides is 3. The number of fused-ring (bicyclic) bond motifs is 6. The minimum atomic E-state index is -4.49. The van der Waals surface area contributed by atoms with Crippen molar-refractivity contribution >= 4 is 34.7 Å². The van der Waals surface area contributed by atoms with Gasteiger partial charge in [0, 0.05) is 27.3 Å². The molecule has 2 aliphatic carbocycles. The van der Waals surface area contributed by atoms with Gasteiger partial charge in [0.25, 0.3) is 5.91 Å². The van der Waals surface area contributed by atoms with E-state index >= 15 is 0 Å². The number of rotatable bonds is 5. The monoisotopic (exact) mass is 532 g/mol. The number of carbonyl (C=O) groups excluding carboxylic acids is 1. The maximum atomic E-state index is 13.0. The molecule has 0 spiro atoms. The van der Waals surface area contributed by atoms with Crippen LogP contribution in [0.5, 0.6) is 5.75 Å². The van der Waals surface area contributed by atoms with Crippen molar-refractivity contribution in [2.24, 2.45) is 17.8 Å². The summed E-state index contributed by atoms with van der Waals surface area (Å²) in [5.74, 6) is 1.66. The van der Waals surface area contributed by atoms with Gasteiger partial charge in [-0.3, -0.25) is 9.59 Å². The van der Waals surface area contributed by atoms with Gasteiger partial charge in [0.2, 0.25) is 0 Å². The quantitative estimate of drug-likeness (QED) is 0.415. The Bertz CT molecular complexity index is 1370. The Balaban J connectivity index is 1.24. The van der Waals surface area contributed by atoms with Gasteiger partial charge in [-0.05, 0) is 61.3 Å². The van der Waals surface area contributed by atoms with E-state index in [1.165, 1.54) is 42.7 Å². The number of nitrogens with one attached hydrogen (secondary N) is 2. The minimum Gasteiger partial charge on any atom is -0.483 e. The predicted molar refractivity (Wildman–Crippen MR) is 133 cm³/mol. The molecule has 2 saturated carbocycles. The van der Waals surface area contributed by atoms with Gasteiger partial charge in [0.15, 0.2) is 6.61 Å². The fourth-order valence-electron chi connectivity index (χ4n) is 6.18. The van der Waals surface area contributed by atoms with Gasteiger partial charge in [-0.1, -0.05) is 35.6 Å². The molecule has 4 unspecified atom stereocenters. The molecular formula is C26H23F3N2O3S2. The summed E-state index contributed by atoms with van der Waals surface area (Å²) in [6.07, 6.45) is -0.864. The van der Waals surface area contributed by atoms with Gasteiger partial charge in [-0.25, -0.2) is 0 Å². The lowest BCUT2D eigenvalue weighted by molar-refractivity contribution is -0.137. The molecular weight excluding hydrogens is 509 g/mol. The Kier molecular flexibility index (Phi) is 5.91. The van der Waals surface area contributed by atoms with Crippen LogP contribution in [-0.2, 0) is 11.0 Å². The lowest BCUT2D eigenvalue weighted by atomic mass is 9.74. The molecule has 5 nitrogen and oxygen atoms in total. The van der Waals surface area contributed by atoms with E-state index in [-0.39, 0.29) is 23.1 Å². The number of thioether (sulfide) groups is 1. The SMILES string of the molecule is O=C(COc1ccccc1[C@H]1c2sc(=O)[nH]c2SC2C3CCC(C3)C21)Nc1cccc(C(F)(F)F)c1. The molecule has 0 radical (unpaired) electrons. The molecule has 188 valence electrons. The summed E-state index contributed by atoms with van der Waals surface area (Å²) in [7, 11) is 0. The molecule has 2 heterocycles. The number of ether oxygens (including phenoxy) is 1. The van der Waals surface area contributed by atoms with Crippen LogP contribution in [0.2, 0.25) is 0 Å². The maximum absolute atomic E-state index is 13.0. The first-order valence-corrected chi connectivity index (χ1v) is 13.6. The zero-order chi connectivity index (χ0) is 25.0. The number of anilines is 1. The molecule has 1 aromatic heterocycles. The van der Waals surface area contributed by atoms with Crippen LogP contribution in [-0.4, -0.2) is 22.7 Å². The molecule has 2 aromatic carbocycles. The molecule has 2 N–H and O–H groups in total. The summed E-state index contributed by atoms with van der Waals surface area (Å²) >= 11 is 3.06. The summed E-state index contributed by atoms with van der Waals surface area (Å²) in [6.45, 7) is -0.342. The molecule has 2 fully saturated rings. The van der Waals surface area contributed by atoms with Gasteiger partial charge in [0.05, 0.1) is 10.6 Å². The number of hydrogen-bond acceptors (Lipinski definition) is 5. The largest absolute Gasteiger partial charge is 0.483 e. The van der Waals surface area contributed by atoms with Crippen LogP contribution < -0.4 is 14.9 Å². The van der Waals surface area contributed by atoms with E-state index in [9.17, 15) is 22.8 Å². The van der Waals surface area contributed by atoms with Crippen molar-refractivity contribution in [1.29, 1.82) is 0 Å². The number of aromatic nitrogens is 1. The number of aromatic amines is 1. The lowest BCUT2D eigenvalue weighted by Crippen LogP contribution is -2.34. The molecule has 0 saturated heterocycles. The van der Waals surface area contributed by atoms with E-state index in [0.29, 0.717) is 28.8 Å². The fourth-order valence-corrected chi connectivity index (χ4v) is 9.06. The van der Waals surface area contributed by atoms with Crippen LogP contribution in [0.25, 0.3) is 0 Å². The Morgan fingerprint density at radius 1 is 1.11 bits per heavy atom. The molecule has 6 rings (SSSR count). The van der Waals surface area contributed by atoms with E-state index in [0.717, 1.165) is 27.6 Å². The number of para-hydroxylation sites is 1. The van der Waals surface area contributed by atoms with Crippen LogP contribution in [0.3, 0.4) is 0 Å². The Labute approximate surface area is 213 Å². The van der Waals surface area contributed by atoms with E-state index in [1.54, 1.807) is 0 Å². The van der Waals surface area contributed by atoms with E-state index < -0.39 is 17.6 Å². The zero-order valence-electron chi connectivity index (χ0n) is 19.0. The van der Waals surface area contributed by atoms with Crippen molar-refractivity contribution in [2.75, 3.05) is 11.9 Å². The molecule has 36 heavy (non-hydrogen) atoms. The van der Waals surface area contributed by atoms with Crippen LogP contribution in [0, 0.1) is 17.8 Å². The summed E-state index contributed by atoms with van der Waals surface area (Å²) in [4.78, 5) is 28.8. The third-order valence-electron chi connectivity index (χ3n) is 7.55. The van der Waals surface area contributed by atoms with Gasteiger partial charge in [-0.2, -0.15) is 13.2 Å². The summed E-state index contributed by atoms with van der Waals surface area (Å²) in [5.41, 5.74) is 0.176. The second-order valence-electron chi connectivity index (χ2n) is 9.63. The highest BCUT2D eigenvalue weighted by atomic mass is 32.2. The average Bonchev–Trinajstić information content (AvgIpc) is 3.55. The molecule has 10 heteroatoms. The molecule has 1 aliphatic heterocycles. The normalized spacial score (nSPS) is 26.4. The zero-order valence-corrected chi connectivity index (χ0v) is 20.6. The Hall–Kier alpha value is -2.72. The van der Waals surface area contributed by atoms with Crippen LogP contribution in [0.1, 0.15) is 41.2 Å². The van der Waals surface area contributed by atoms with Gasteiger partial charge < -0.3 is 15.0 Å². The van der Waals surface area contributed by atoms with Crippen molar-refractivity contribution in [3.8, 4) is 5.75 Å². The second-order valence-corrected chi connectivity index (χ2v) is 11.8. The van der Waals surface area contributed by atoms with E-state index in [2.05, 4.69) is 10.3 Å². The molecule has 1 amide bonds. The standard InChI is InChI=1S/C26H23F3N2O3S2/c27-26(28,29)15-4-3-5-16(11-15)30-19(32)12-34-18-7-2-1-6-17(18)21-20-13-8-9-14(10-13)22(20)35-24-23(21)36-25(33)31-24/h1-7,11,13-14,20-22H,8-10,12H2,(H,30,32)(H,31,33)/t13?,14?,20?,21-,22?/m1/s1. The summed E-state index contributed by atoms with van der Waals surface area (Å²) < 4.78 is 44.9. The summed E-state index contributed by atoms with van der Waals surface area (Å²) in [5, 5.41) is 3.88. The smallest absolute Gasteiger partial charge is 0.416 e. The van der Waals surface area contributed by atoms with Crippen LogP contribution >= 0.6 is 23.1 Å². The highest BCUT2D eigenvalue weighted by Crippen LogP contribution is 2.64. The highest BCUT2D eigenvalue weighted by Gasteiger charge is 2.55. The predicted octanol–water partition coefficient (Wildman–Crippen LogP) is 6.13. The van der Waals surface area contributed by atoms with Crippen molar-refractivity contribution in [3.63, 3.8) is 0 Å². The van der Waals surface area contributed by atoms with Gasteiger partial charge >= 0.3 is 11.0 Å². The number of carbonyl (C=O) groups is 1. The second kappa shape index (κ2) is 8.99. The van der Waals surface area contributed by atoms with Crippen molar-refractivity contribution in [3.05, 3.63) is 74.2 Å². The Morgan fingerprint density at radius 2 is 1.92 bits per heavy atom. The van der Waals surface area contributed by atoms with Crippen LogP contribution in [0.15, 0.2) is 58.4 Å². The third-order valence-corrected chi connectivity index (χ3v) is 10.2. The minimum absolute atomic E-state index is 0.00762. The first-order chi connectivity index (χ1) is 17.3. The number of halogens is 3. The average molecular weight is 533 g/mol. The van der Waals surface area contributed by atoms with Gasteiger partial charge in [0.1, 0.15) is 5.75 Å². The summed E-state index contributed by atoms with van der Waals surface area (Å²) in [6, 6.07) is 12.1. The topological polar surface area (TPSA) is 71.2 Å². The fraction of sp³-hybridized carbons (Fsp3) is 0.385. The Morgan fingerprint density at radius 3 is 2.75 bits per heavy atom. The van der Waals surface area contributed by atoms with E-state index in [4.69, 9.17) is 4.74 Å². The highest BCUT2D eigenvalue weighted by molar-refractivity contribution is 8.00. The molecule has 5 atom stereocenters. The molecule has 2 bridgehead atoms.